The molecule has 0 aromatic carbocycles. The van der Waals surface area contributed by atoms with E-state index in [0.29, 0.717) is 0 Å². The molecule has 9 atom stereocenters. The lowest BCUT2D eigenvalue weighted by Gasteiger charge is -2.43. The van der Waals surface area contributed by atoms with Crippen molar-refractivity contribution in [2.24, 2.45) is 0 Å². The molecule has 0 saturated carbocycles. The molecular formula is C13H24O11. The molecule has 1 rings (SSSR count). The van der Waals surface area contributed by atoms with Gasteiger partial charge in [0.2, 0.25) is 0 Å². The number of aliphatic hydroxyl groups is 7. The highest BCUT2D eigenvalue weighted by Gasteiger charge is 2.47. The monoisotopic (exact) mass is 356 g/mol. The second-order valence-electron chi connectivity index (χ2n) is 5.37. The summed E-state index contributed by atoms with van der Waals surface area (Å²) in [6, 6.07) is 0. The molecular weight excluding hydrogens is 332 g/mol. The molecule has 0 spiro atoms. The molecule has 0 bridgehead atoms. The molecule has 142 valence electrons. The molecule has 0 amide bonds. The maximum atomic E-state index is 10.6. The topological polar surface area (TPSA) is 186 Å². The quantitative estimate of drug-likeness (QED) is 0.196. The van der Waals surface area contributed by atoms with Crippen LogP contribution in [0.3, 0.4) is 0 Å². The van der Waals surface area contributed by atoms with Gasteiger partial charge in [-0.25, -0.2) is 0 Å². The van der Waals surface area contributed by atoms with Crippen LogP contribution in [0.4, 0.5) is 0 Å². The molecule has 0 radical (unpaired) electrons. The molecule has 0 unspecified atom stereocenters. The predicted octanol–water partition coefficient (Wildman–Crippen LogP) is -4.90. The molecule has 11 heteroatoms. The van der Waals surface area contributed by atoms with Gasteiger partial charge in [0.1, 0.15) is 48.8 Å². The fourth-order valence-corrected chi connectivity index (χ4v) is 2.35. The smallest absolute Gasteiger partial charge is 0.187 e. The summed E-state index contributed by atoms with van der Waals surface area (Å²) in [5, 5.41) is 67.0. The normalized spacial score (nSPS) is 35.9. The van der Waals surface area contributed by atoms with Gasteiger partial charge in [-0.2, -0.15) is 0 Å². The van der Waals surface area contributed by atoms with Crippen LogP contribution in [0, 0.1) is 0 Å². The van der Waals surface area contributed by atoms with E-state index in [1.165, 1.54) is 7.11 Å². The third-order valence-corrected chi connectivity index (χ3v) is 3.78. The van der Waals surface area contributed by atoms with Crippen LogP contribution in [0.15, 0.2) is 0 Å². The molecule has 0 aromatic rings. The minimum absolute atomic E-state index is 0.00970. The molecule has 0 aliphatic carbocycles. The van der Waals surface area contributed by atoms with Crippen molar-refractivity contribution in [3.05, 3.63) is 0 Å². The third-order valence-electron chi connectivity index (χ3n) is 3.78. The first-order valence-corrected chi connectivity index (χ1v) is 7.23. The Balaban J connectivity index is 2.98. The second-order valence-corrected chi connectivity index (χ2v) is 5.37. The fraction of sp³-hybridized carbons (Fsp3) is 0.923. The summed E-state index contributed by atoms with van der Waals surface area (Å²) in [7, 11) is 1.17. The van der Waals surface area contributed by atoms with Gasteiger partial charge in [0.15, 0.2) is 12.6 Å². The highest BCUT2D eigenvalue weighted by atomic mass is 16.7. The van der Waals surface area contributed by atoms with E-state index in [1.54, 1.807) is 0 Å². The van der Waals surface area contributed by atoms with Crippen molar-refractivity contribution < 1.29 is 54.8 Å². The SMILES string of the molecule is CO[C@@H]1[C@@H](O[C@@H]([C@H](O)[C@H](O)C=O)[C@H](O)CO)O[C@@H](CO)[C@H](O)[C@H]1O. The van der Waals surface area contributed by atoms with Crippen molar-refractivity contribution in [2.75, 3.05) is 20.3 Å². The number of methoxy groups -OCH3 is 1. The highest BCUT2D eigenvalue weighted by Crippen LogP contribution is 2.26. The second kappa shape index (κ2) is 9.68. The summed E-state index contributed by atoms with van der Waals surface area (Å²) in [6.07, 6.45) is -14.2. The van der Waals surface area contributed by atoms with Crippen LogP contribution < -0.4 is 0 Å². The molecule has 7 N–H and O–H groups in total. The van der Waals surface area contributed by atoms with Crippen LogP contribution in [0.1, 0.15) is 0 Å². The van der Waals surface area contributed by atoms with Gasteiger partial charge in [0.05, 0.1) is 13.2 Å². The Labute approximate surface area is 137 Å². The van der Waals surface area contributed by atoms with Gasteiger partial charge in [-0.1, -0.05) is 0 Å². The number of aliphatic hydroxyl groups excluding tert-OH is 7. The predicted molar refractivity (Wildman–Crippen MR) is 74.6 cm³/mol. The maximum absolute atomic E-state index is 10.6. The van der Waals surface area contributed by atoms with Gasteiger partial charge in [-0.05, 0) is 0 Å². The average Bonchev–Trinajstić information content (AvgIpc) is 2.60. The Morgan fingerprint density at radius 3 is 2.25 bits per heavy atom. The summed E-state index contributed by atoms with van der Waals surface area (Å²) >= 11 is 0. The summed E-state index contributed by atoms with van der Waals surface area (Å²) in [6.45, 7) is -1.53. The Morgan fingerprint density at radius 2 is 1.79 bits per heavy atom. The van der Waals surface area contributed by atoms with Gasteiger partial charge >= 0.3 is 0 Å². The van der Waals surface area contributed by atoms with Crippen molar-refractivity contribution in [3.8, 4) is 0 Å². The zero-order chi connectivity index (χ0) is 18.4. The van der Waals surface area contributed by atoms with Crippen molar-refractivity contribution in [2.45, 2.75) is 55.1 Å². The Hall–Kier alpha value is -0.730. The highest BCUT2D eigenvalue weighted by molar-refractivity contribution is 5.56. The maximum Gasteiger partial charge on any atom is 0.187 e. The molecule has 11 nitrogen and oxygen atoms in total. The van der Waals surface area contributed by atoms with Gasteiger partial charge < -0.3 is 54.8 Å². The van der Waals surface area contributed by atoms with Gasteiger partial charge in [-0.3, -0.25) is 0 Å². The van der Waals surface area contributed by atoms with E-state index in [9.17, 15) is 30.3 Å². The van der Waals surface area contributed by atoms with Crippen molar-refractivity contribution in [1.82, 2.24) is 0 Å². The Morgan fingerprint density at radius 1 is 1.17 bits per heavy atom. The van der Waals surface area contributed by atoms with Gasteiger partial charge in [-0.15, -0.1) is 0 Å². The summed E-state index contributed by atoms with van der Waals surface area (Å²) < 4.78 is 15.5. The van der Waals surface area contributed by atoms with Gasteiger partial charge in [0.25, 0.3) is 0 Å². The molecule has 24 heavy (non-hydrogen) atoms. The number of carbonyl (C=O) groups is 1. The van der Waals surface area contributed by atoms with Crippen LogP contribution in [0.2, 0.25) is 0 Å². The van der Waals surface area contributed by atoms with E-state index in [2.05, 4.69) is 0 Å². The molecule has 1 aliphatic heterocycles. The van der Waals surface area contributed by atoms with Crippen LogP contribution in [0.5, 0.6) is 0 Å². The summed E-state index contributed by atoms with van der Waals surface area (Å²) in [5.74, 6) is 0. The number of ether oxygens (including phenoxy) is 3. The molecule has 0 aromatic heterocycles. The number of hydrogen-bond acceptors (Lipinski definition) is 11. The van der Waals surface area contributed by atoms with E-state index in [4.69, 9.17) is 24.4 Å². The number of aldehydes is 1. The molecule has 1 fully saturated rings. The Kier molecular flexibility index (Phi) is 8.59. The summed E-state index contributed by atoms with van der Waals surface area (Å²) in [5.41, 5.74) is 0. The van der Waals surface area contributed by atoms with Gasteiger partial charge in [0, 0.05) is 7.11 Å². The lowest BCUT2D eigenvalue weighted by molar-refractivity contribution is -0.330. The van der Waals surface area contributed by atoms with Crippen molar-refractivity contribution >= 4 is 6.29 Å². The van der Waals surface area contributed by atoms with E-state index in [-0.39, 0.29) is 6.29 Å². The van der Waals surface area contributed by atoms with Crippen LogP contribution in [-0.2, 0) is 19.0 Å². The largest absolute Gasteiger partial charge is 0.394 e. The van der Waals surface area contributed by atoms with E-state index in [1.807, 2.05) is 0 Å². The van der Waals surface area contributed by atoms with Crippen molar-refractivity contribution in [3.63, 3.8) is 0 Å². The minimum atomic E-state index is -1.91. The first-order valence-electron chi connectivity index (χ1n) is 7.23. The van der Waals surface area contributed by atoms with E-state index in [0.717, 1.165) is 0 Å². The lowest BCUT2D eigenvalue weighted by atomic mass is 9.98. The Bertz CT molecular complexity index is 381. The average molecular weight is 356 g/mol. The first kappa shape index (κ1) is 21.3. The van der Waals surface area contributed by atoms with E-state index < -0.39 is 68.3 Å². The van der Waals surface area contributed by atoms with Crippen LogP contribution in [0.25, 0.3) is 0 Å². The van der Waals surface area contributed by atoms with Crippen LogP contribution >= 0.6 is 0 Å². The minimum Gasteiger partial charge on any atom is -0.394 e. The summed E-state index contributed by atoms with van der Waals surface area (Å²) in [4.78, 5) is 10.6. The zero-order valence-electron chi connectivity index (χ0n) is 13.0. The fourth-order valence-electron chi connectivity index (χ4n) is 2.35. The molecule has 1 aliphatic rings. The number of hydrogen-bond donors (Lipinski definition) is 7. The van der Waals surface area contributed by atoms with Crippen LogP contribution in [-0.4, -0.2) is 117 Å². The zero-order valence-corrected chi connectivity index (χ0v) is 13.0. The third kappa shape index (κ3) is 4.67. The first-order chi connectivity index (χ1) is 11.3. The molecule has 1 heterocycles. The van der Waals surface area contributed by atoms with Crippen molar-refractivity contribution in [1.29, 1.82) is 0 Å². The molecule has 1 saturated heterocycles. The standard InChI is InChI=1S/C13H24O11/c1-22-12-10(21)9(20)7(4-16)23-13(12)24-11(6(18)3-15)8(19)5(17)2-14/h2,5-13,15-21H,3-4H2,1H3/t5-,6-,7+,8-,9+,10-,11-,12+,13-/m1/s1. The number of carbonyl (C=O) groups excluding carboxylic acids is 1. The van der Waals surface area contributed by atoms with E-state index >= 15 is 0 Å². The lowest BCUT2D eigenvalue weighted by Crippen LogP contribution is -2.62. The number of rotatable bonds is 9.